The highest BCUT2D eigenvalue weighted by atomic mass is 19.4. The lowest BCUT2D eigenvalue weighted by Gasteiger charge is -2.21. The van der Waals surface area contributed by atoms with Gasteiger partial charge in [-0.05, 0) is 13.3 Å². The maximum absolute atomic E-state index is 12.5. The molecule has 0 amide bonds. The second-order valence-corrected chi connectivity index (χ2v) is 4.54. The topological polar surface area (TPSA) is 59.1 Å². The monoisotopic (exact) mass is 268 g/mol. The van der Waals surface area contributed by atoms with E-state index in [2.05, 4.69) is 6.92 Å². The van der Waals surface area contributed by atoms with Gasteiger partial charge >= 0.3 is 6.18 Å². The Labute approximate surface area is 106 Å². The van der Waals surface area contributed by atoms with Crippen LogP contribution in [0.15, 0.2) is 0 Å². The summed E-state index contributed by atoms with van der Waals surface area (Å²) in [7, 11) is 0. The zero-order chi connectivity index (χ0) is 14.2. The van der Waals surface area contributed by atoms with Gasteiger partial charge in [-0.2, -0.15) is 13.2 Å². The lowest BCUT2D eigenvalue weighted by Crippen LogP contribution is -2.39. The summed E-state index contributed by atoms with van der Waals surface area (Å²) in [6.45, 7) is 3.29. The van der Waals surface area contributed by atoms with E-state index in [0.29, 0.717) is 0 Å². The number of rotatable bonds is 9. The summed E-state index contributed by atoms with van der Waals surface area (Å²) in [6.07, 6.45) is 0.272. The van der Waals surface area contributed by atoms with Crippen LogP contribution in [0, 0.1) is 11.3 Å². The largest absolute Gasteiger partial charge is 0.400 e. The van der Waals surface area contributed by atoms with E-state index in [1.54, 1.807) is 6.92 Å². The first-order chi connectivity index (χ1) is 8.29. The lowest BCUT2D eigenvalue weighted by atomic mass is 10.1. The quantitative estimate of drug-likeness (QED) is 0.382. The Morgan fingerprint density at radius 1 is 1.28 bits per heavy atom. The molecule has 2 unspecified atom stereocenters. The first-order valence-corrected chi connectivity index (χ1v) is 6.31. The van der Waals surface area contributed by atoms with Gasteiger partial charge in [0.2, 0.25) is 0 Å². The van der Waals surface area contributed by atoms with Crippen molar-refractivity contribution in [1.29, 1.82) is 5.41 Å². The van der Waals surface area contributed by atoms with Crippen LogP contribution in [0.1, 0.15) is 46.0 Å². The van der Waals surface area contributed by atoms with Gasteiger partial charge in [0.25, 0.3) is 0 Å². The van der Waals surface area contributed by atoms with E-state index >= 15 is 0 Å². The fourth-order valence-corrected chi connectivity index (χ4v) is 1.56. The van der Waals surface area contributed by atoms with E-state index < -0.39 is 24.5 Å². The van der Waals surface area contributed by atoms with E-state index in [9.17, 15) is 13.2 Å². The molecule has 0 saturated carbocycles. The van der Waals surface area contributed by atoms with Gasteiger partial charge in [-0.15, -0.1) is 0 Å². The molecule has 6 heteroatoms. The fourth-order valence-electron chi connectivity index (χ4n) is 1.56. The molecule has 0 aromatic heterocycles. The van der Waals surface area contributed by atoms with E-state index in [1.165, 1.54) is 0 Å². The molecule has 0 aliphatic carbocycles. The molecular weight excluding hydrogens is 245 g/mol. The smallest absolute Gasteiger partial charge is 0.387 e. The van der Waals surface area contributed by atoms with Crippen molar-refractivity contribution in [3.05, 3.63) is 0 Å². The second-order valence-electron chi connectivity index (χ2n) is 4.54. The van der Waals surface area contributed by atoms with Gasteiger partial charge in [0.1, 0.15) is 11.8 Å². The van der Waals surface area contributed by atoms with E-state index in [-0.39, 0.29) is 6.10 Å². The van der Waals surface area contributed by atoms with E-state index in [1.807, 2.05) is 0 Å². The maximum atomic E-state index is 12.5. The minimum Gasteiger partial charge on any atom is -0.387 e. The molecule has 0 aliphatic heterocycles. The summed E-state index contributed by atoms with van der Waals surface area (Å²) < 4.78 is 42.5. The molecule has 0 aromatic rings. The molecule has 0 heterocycles. The maximum Gasteiger partial charge on any atom is 0.400 e. The van der Waals surface area contributed by atoms with Crippen molar-refractivity contribution in [1.82, 2.24) is 0 Å². The third-order valence-electron chi connectivity index (χ3n) is 2.78. The number of nitrogens with two attached hydrogens (primary N) is 1. The third kappa shape index (κ3) is 7.53. The lowest BCUT2D eigenvalue weighted by molar-refractivity contribution is -0.171. The van der Waals surface area contributed by atoms with Crippen LogP contribution in [0.4, 0.5) is 13.2 Å². The molecule has 18 heavy (non-hydrogen) atoms. The minimum absolute atomic E-state index is 0.231. The molecular formula is C12H23F3N2O. The van der Waals surface area contributed by atoms with Crippen LogP contribution in [-0.2, 0) is 4.74 Å². The van der Waals surface area contributed by atoms with E-state index in [4.69, 9.17) is 15.9 Å². The highest BCUT2D eigenvalue weighted by molar-refractivity contribution is 5.80. The molecule has 3 nitrogen and oxygen atoms in total. The van der Waals surface area contributed by atoms with Crippen molar-refractivity contribution in [3.8, 4) is 0 Å². The third-order valence-corrected chi connectivity index (χ3v) is 2.78. The predicted molar refractivity (Wildman–Crippen MR) is 65.6 cm³/mol. The van der Waals surface area contributed by atoms with Crippen LogP contribution in [0.5, 0.6) is 0 Å². The zero-order valence-corrected chi connectivity index (χ0v) is 11.0. The number of halogens is 3. The Kier molecular flexibility index (Phi) is 7.98. The molecule has 3 N–H and O–H groups in total. The Balaban J connectivity index is 3.94. The Morgan fingerprint density at radius 2 is 1.89 bits per heavy atom. The Hall–Kier alpha value is -0.780. The SMILES string of the molecule is CCCCCCC(C)OCC(C(=N)N)C(F)(F)F. The summed E-state index contributed by atoms with van der Waals surface area (Å²) in [5, 5.41) is 6.92. The summed E-state index contributed by atoms with van der Waals surface area (Å²) >= 11 is 0. The Morgan fingerprint density at radius 3 is 2.33 bits per heavy atom. The van der Waals surface area contributed by atoms with Gasteiger partial charge in [-0.1, -0.05) is 32.6 Å². The van der Waals surface area contributed by atoms with Crippen LogP contribution in [0.3, 0.4) is 0 Å². The van der Waals surface area contributed by atoms with Gasteiger partial charge < -0.3 is 10.5 Å². The standard InChI is InChI=1S/C12H23F3N2O/c1-3-4-5-6-7-9(2)18-8-10(11(16)17)12(13,14)15/h9-10H,3-8H2,1-2H3,(H3,16,17). The first-order valence-electron chi connectivity index (χ1n) is 6.31. The van der Waals surface area contributed by atoms with Gasteiger partial charge in [-0.25, -0.2) is 0 Å². The van der Waals surface area contributed by atoms with Crippen LogP contribution >= 0.6 is 0 Å². The molecule has 0 spiro atoms. The molecule has 2 atom stereocenters. The minimum atomic E-state index is -4.51. The van der Waals surface area contributed by atoms with Gasteiger partial charge in [-0.3, -0.25) is 5.41 Å². The van der Waals surface area contributed by atoms with Crippen LogP contribution in [0.25, 0.3) is 0 Å². The molecule has 0 aromatic carbocycles. The average molecular weight is 268 g/mol. The normalized spacial score (nSPS) is 15.4. The van der Waals surface area contributed by atoms with Crippen molar-refractivity contribution in [2.24, 2.45) is 11.7 Å². The number of hydrogen-bond acceptors (Lipinski definition) is 2. The van der Waals surface area contributed by atoms with Crippen molar-refractivity contribution in [2.75, 3.05) is 6.61 Å². The molecule has 0 bridgehead atoms. The molecule has 0 rings (SSSR count). The summed E-state index contributed by atoms with van der Waals surface area (Å²) in [6, 6.07) is 0. The van der Waals surface area contributed by atoms with Crippen molar-refractivity contribution in [2.45, 2.75) is 58.2 Å². The van der Waals surface area contributed by atoms with Crippen molar-refractivity contribution >= 4 is 5.84 Å². The molecule has 0 aliphatic rings. The molecule has 108 valence electrons. The number of ether oxygens (including phenoxy) is 1. The summed E-state index contributed by atoms with van der Waals surface area (Å²) in [5.74, 6) is -2.88. The predicted octanol–water partition coefficient (Wildman–Crippen LogP) is 3.48. The fraction of sp³-hybridized carbons (Fsp3) is 0.917. The van der Waals surface area contributed by atoms with Crippen LogP contribution in [0.2, 0.25) is 0 Å². The highest BCUT2D eigenvalue weighted by Gasteiger charge is 2.42. The average Bonchev–Trinajstić information content (AvgIpc) is 2.22. The van der Waals surface area contributed by atoms with Gasteiger partial charge in [0, 0.05) is 0 Å². The molecule has 0 fully saturated rings. The van der Waals surface area contributed by atoms with Crippen LogP contribution in [-0.4, -0.2) is 24.7 Å². The number of alkyl halides is 3. The number of amidine groups is 1. The highest BCUT2D eigenvalue weighted by Crippen LogP contribution is 2.26. The number of nitrogens with one attached hydrogen (secondary N) is 1. The second kappa shape index (κ2) is 8.34. The number of hydrogen-bond donors (Lipinski definition) is 2. The summed E-state index contributed by atoms with van der Waals surface area (Å²) in [4.78, 5) is 0. The van der Waals surface area contributed by atoms with E-state index in [0.717, 1.165) is 32.1 Å². The van der Waals surface area contributed by atoms with Crippen molar-refractivity contribution < 1.29 is 17.9 Å². The number of unbranched alkanes of at least 4 members (excludes halogenated alkanes) is 3. The molecule has 0 radical (unpaired) electrons. The first kappa shape index (κ1) is 17.2. The van der Waals surface area contributed by atoms with Crippen LogP contribution < -0.4 is 5.73 Å². The van der Waals surface area contributed by atoms with Gasteiger partial charge in [0.15, 0.2) is 0 Å². The van der Waals surface area contributed by atoms with Gasteiger partial charge in [0.05, 0.1) is 12.7 Å². The Bertz CT molecular complexity index is 244. The van der Waals surface area contributed by atoms with Crippen molar-refractivity contribution in [3.63, 3.8) is 0 Å². The zero-order valence-electron chi connectivity index (χ0n) is 11.0. The molecule has 0 saturated heterocycles. The summed E-state index contributed by atoms with van der Waals surface area (Å²) in [5.41, 5.74) is 4.93.